The van der Waals surface area contributed by atoms with E-state index in [0.717, 1.165) is 23.2 Å². The number of hydrogen-bond acceptors (Lipinski definition) is 3. The van der Waals surface area contributed by atoms with Crippen molar-refractivity contribution < 1.29 is 13.2 Å². The van der Waals surface area contributed by atoms with Crippen LogP contribution in [0.25, 0.3) is 0 Å². The Hall–Kier alpha value is -2.18. The number of piperidine rings is 1. The second kappa shape index (κ2) is 9.34. The standard InChI is InChI=1S/C22H28N2O3S/c1-18-8-5-13-21(16-18)23-22(25)20-12-6-14-24(17-20)28(26,27)15-7-11-19-9-3-2-4-10-19/h2-5,8-10,13,16,20H,6-7,11-12,14-15,17H2,1H3,(H,23,25). The van der Waals surface area contributed by atoms with Gasteiger partial charge in [-0.15, -0.1) is 0 Å². The molecule has 3 rings (SSSR count). The van der Waals surface area contributed by atoms with Crippen LogP contribution in [0.5, 0.6) is 0 Å². The number of anilines is 1. The molecule has 1 fully saturated rings. The number of carbonyl (C=O) groups is 1. The van der Waals surface area contributed by atoms with Crippen LogP contribution in [0.1, 0.15) is 30.4 Å². The van der Waals surface area contributed by atoms with E-state index in [2.05, 4.69) is 5.32 Å². The maximum Gasteiger partial charge on any atom is 0.228 e. The van der Waals surface area contributed by atoms with Crippen LogP contribution in [0.2, 0.25) is 0 Å². The average molecular weight is 401 g/mol. The summed E-state index contributed by atoms with van der Waals surface area (Å²) in [6, 6.07) is 17.5. The van der Waals surface area contributed by atoms with Crippen LogP contribution in [0.15, 0.2) is 54.6 Å². The van der Waals surface area contributed by atoms with E-state index in [-0.39, 0.29) is 24.1 Å². The highest BCUT2D eigenvalue weighted by Gasteiger charge is 2.32. The predicted octanol–water partition coefficient (Wildman–Crippen LogP) is 3.61. The van der Waals surface area contributed by atoms with Crippen molar-refractivity contribution in [3.05, 3.63) is 65.7 Å². The molecular weight excluding hydrogens is 372 g/mol. The zero-order valence-corrected chi connectivity index (χ0v) is 17.1. The Morgan fingerprint density at radius 3 is 2.68 bits per heavy atom. The van der Waals surface area contributed by atoms with Gasteiger partial charge in [-0.05, 0) is 55.9 Å². The van der Waals surface area contributed by atoms with Crippen molar-refractivity contribution in [2.45, 2.75) is 32.6 Å². The molecule has 0 spiro atoms. The first-order chi connectivity index (χ1) is 13.4. The quantitative estimate of drug-likeness (QED) is 0.772. The van der Waals surface area contributed by atoms with E-state index in [9.17, 15) is 13.2 Å². The summed E-state index contributed by atoms with van der Waals surface area (Å²) in [5.74, 6) is -0.290. The van der Waals surface area contributed by atoms with E-state index < -0.39 is 10.0 Å². The van der Waals surface area contributed by atoms with Gasteiger partial charge in [0.25, 0.3) is 0 Å². The average Bonchev–Trinajstić information content (AvgIpc) is 2.69. The molecule has 1 atom stereocenters. The lowest BCUT2D eigenvalue weighted by atomic mass is 9.98. The molecule has 5 nitrogen and oxygen atoms in total. The van der Waals surface area contributed by atoms with E-state index in [0.29, 0.717) is 25.8 Å². The molecule has 1 aliphatic heterocycles. The van der Waals surface area contributed by atoms with Gasteiger partial charge >= 0.3 is 0 Å². The summed E-state index contributed by atoms with van der Waals surface area (Å²) in [6.45, 7) is 2.74. The van der Waals surface area contributed by atoms with Gasteiger partial charge in [-0.3, -0.25) is 4.79 Å². The minimum Gasteiger partial charge on any atom is -0.326 e. The van der Waals surface area contributed by atoms with E-state index in [1.807, 2.05) is 61.5 Å². The lowest BCUT2D eigenvalue weighted by Gasteiger charge is -2.31. The largest absolute Gasteiger partial charge is 0.326 e. The van der Waals surface area contributed by atoms with Gasteiger partial charge in [0.1, 0.15) is 0 Å². The van der Waals surface area contributed by atoms with Gasteiger partial charge in [0, 0.05) is 18.8 Å². The van der Waals surface area contributed by atoms with Crippen molar-refractivity contribution in [2.75, 3.05) is 24.2 Å². The van der Waals surface area contributed by atoms with E-state index in [1.165, 1.54) is 4.31 Å². The number of hydrogen-bond donors (Lipinski definition) is 1. The molecule has 2 aromatic rings. The van der Waals surface area contributed by atoms with Crippen molar-refractivity contribution in [1.82, 2.24) is 4.31 Å². The number of amides is 1. The van der Waals surface area contributed by atoms with E-state index in [1.54, 1.807) is 0 Å². The summed E-state index contributed by atoms with van der Waals surface area (Å²) >= 11 is 0. The number of sulfonamides is 1. The predicted molar refractivity (Wildman–Crippen MR) is 113 cm³/mol. The molecule has 1 saturated heterocycles. The SMILES string of the molecule is Cc1cccc(NC(=O)C2CCCN(S(=O)(=O)CCCc3ccccc3)C2)c1. The highest BCUT2D eigenvalue weighted by molar-refractivity contribution is 7.89. The van der Waals surface area contributed by atoms with Crippen LogP contribution < -0.4 is 5.32 Å². The third-order valence-electron chi connectivity index (χ3n) is 5.14. The number of benzene rings is 2. The second-order valence-electron chi connectivity index (χ2n) is 7.46. The first-order valence-electron chi connectivity index (χ1n) is 9.83. The van der Waals surface area contributed by atoms with Gasteiger partial charge < -0.3 is 5.32 Å². The summed E-state index contributed by atoms with van der Waals surface area (Å²) in [5.41, 5.74) is 2.98. The molecule has 1 N–H and O–H groups in total. The Morgan fingerprint density at radius 1 is 1.14 bits per heavy atom. The molecule has 1 aliphatic rings. The summed E-state index contributed by atoms with van der Waals surface area (Å²) in [5, 5.41) is 2.93. The fourth-order valence-corrected chi connectivity index (χ4v) is 5.19. The Labute approximate surface area is 167 Å². The third kappa shape index (κ3) is 5.66. The van der Waals surface area contributed by atoms with Gasteiger partial charge in [-0.2, -0.15) is 0 Å². The lowest BCUT2D eigenvalue weighted by molar-refractivity contribution is -0.120. The van der Waals surface area contributed by atoms with Crippen molar-refractivity contribution in [3.8, 4) is 0 Å². The van der Waals surface area contributed by atoms with E-state index >= 15 is 0 Å². The third-order valence-corrected chi connectivity index (χ3v) is 7.07. The number of aryl methyl sites for hydroxylation is 2. The topological polar surface area (TPSA) is 66.5 Å². The van der Waals surface area contributed by atoms with Crippen LogP contribution in [0.3, 0.4) is 0 Å². The highest BCUT2D eigenvalue weighted by Crippen LogP contribution is 2.22. The fraction of sp³-hybridized carbons (Fsp3) is 0.409. The molecule has 150 valence electrons. The maximum absolute atomic E-state index is 12.7. The number of nitrogens with one attached hydrogen (secondary N) is 1. The van der Waals surface area contributed by atoms with Crippen LogP contribution in [0, 0.1) is 12.8 Å². The molecule has 0 saturated carbocycles. The van der Waals surface area contributed by atoms with Crippen molar-refractivity contribution >= 4 is 21.6 Å². The zero-order valence-electron chi connectivity index (χ0n) is 16.3. The van der Waals surface area contributed by atoms with Gasteiger partial charge in [0.2, 0.25) is 15.9 Å². The number of carbonyl (C=O) groups excluding carboxylic acids is 1. The Bertz CT molecular complexity index is 897. The molecule has 1 unspecified atom stereocenters. The van der Waals surface area contributed by atoms with Crippen molar-refractivity contribution in [3.63, 3.8) is 0 Å². The minimum atomic E-state index is -3.35. The van der Waals surface area contributed by atoms with Crippen LogP contribution >= 0.6 is 0 Å². The molecule has 1 heterocycles. The van der Waals surface area contributed by atoms with Crippen LogP contribution in [0.4, 0.5) is 5.69 Å². The van der Waals surface area contributed by atoms with Crippen molar-refractivity contribution in [1.29, 1.82) is 0 Å². The van der Waals surface area contributed by atoms with Gasteiger partial charge in [-0.25, -0.2) is 12.7 Å². The molecule has 0 radical (unpaired) electrons. The zero-order chi connectivity index (χ0) is 20.0. The Balaban J connectivity index is 1.54. The normalized spacial score (nSPS) is 18.0. The molecule has 0 aliphatic carbocycles. The molecule has 2 aromatic carbocycles. The van der Waals surface area contributed by atoms with Gasteiger partial charge in [0.15, 0.2) is 0 Å². The summed E-state index contributed by atoms with van der Waals surface area (Å²) in [6.07, 6.45) is 2.76. The van der Waals surface area contributed by atoms with Gasteiger partial charge in [-0.1, -0.05) is 42.5 Å². The monoisotopic (exact) mass is 400 g/mol. The summed E-state index contributed by atoms with van der Waals surface area (Å²) in [7, 11) is -3.35. The molecule has 0 bridgehead atoms. The lowest BCUT2D eigenvalue weighted by Crippen LogP contribution is -2.44. The van der Waals surface area contributed by atoms with Crippen LogP contribution in [-0.2, 0) is 21.2 Å². The first-order valence-corrected chi connectivity index (χ1v) is 11.4. The smallest absolute Gasteiger partial charge is 0.228 e. The molecule has 6 heteroatoms. The summed E-state index contributed by atoms with van der Waals surface area (Å²) in [4.78, 5) is 12.6. The summed E-state index contributed by atoms with van der Waals surface area (Å²) < 4.78 is 27.0. The van der Waals surface area contributed by atoms with Crippen LogP contribution in [-0.4, -0.2) is 37.5 Å². The fourth-order valence-electron chi connectivity index (χ4n) is 3.61. The Morgan fingerprint density at radius 2 is 1.93 bits per heavy atom. The maximum atomic E-state index is 12.7. The highest BCUT2D eigenvalue weighted by atomic mass is 32.2. The molecule has 1 amide bonds. The van der Waals surface area contributed by atoms with Gasteiger partial charge in [0.05, 0.1) is 11.7 Å². The first kappa shape index (κ1) is 20.6. The molecule has 28 heavy (non-hydrogen) atoms. The minimum absolute atomic E-state index is 0.102. The van der Waals surface area contributed by atoms with E-state index in [4.69, 9.17) is 0 Å². The van der Waals surface area contributed by atoms with Crippen molar-refractivity contribution in [2.24, 2.45) is 5.92 Å². The second-order valence-corrected chi connectivity index (χ2v) is 9.55. The Kier molecular flexibility index (Phi) is 6.86. The molecule has 0 aromatic heterocycles. The number of nitrogens with zero attached hydrogens (tertiary/aromatic N) is 1. The molecular formula is C22H28N2O3S. The number of rotatable bonds is 7.